The van der Waals surface area contributed by atoms with Gasteiger partial charge in [-0.05, 0) is 0 Å². The van der Waals surface area contributed by atoms with Crippen LogP contribution in [0.1, 0.15) is 13.8 Å². The Kier molecular flexibility index (Phi) is 3.73. The number of aliphatic carboxylic acids is 1. The van der Waals surface area contributed by atoms with Crippen molar-refractivity contribution < 1.29 is 9.90 Å². The monoisotopic (exact) mass is 204 g/mol. The summed E-state index contributed by atoms with van der Waals surface area (Å²) in [5, 5.41) is 8.57. The molecule has 0 aromatic heterocycles. The molecule has 0 radical (unpaired) electrons. The zero-order chi connectivity index (χ0) is 8.31. The van der Waals surface area contributed by atoms with Crippen LogP contribution >= 0.6 is 0 Å². The van der Waals surface area contributed by atoms with Gasteiger partial charge in [0.1, 0.15) is 0 Å². The van der Waals surface area contributed by atoms with Crippen LogP contribution in [0, 0.1) is 0 Å². The molecule has 1 N–H and O–H groups in total. The van der Waals surface area contributed by atoms with Crippen LogP contribution in [0.5, 0.6) is 0 Å². The van der Waals surface area contributed by atoms with E-state index in [4.69, 9.17) is 5.11 Å². The summed E-state index contributed by atoms with van der Waals surface area (Å²) in [5.41, 5.74) is 4.80. The van der Waals surface area contributed by atoms with Gasteiger partial charge in [-0.2, -0.15) is 0 Å². The molecule has 0 saturated heterocycles. The number of carboxylic acid groups (broad SMARTS) is 1. The van der Waals surface area contributed by atoms with Crippen molar-refractivity contribution >= 4 is 20.6 Å². The van der Waals surface area contributed by atoms with Crippen LogP contribution in [0.2, 0.25) is 11.4 Å². The van der Waals surface area contributed by atoms with Crippen molar-refractivity contribution in [1.82, 2.24) is 0 Å². The summed E-state index contributed by atoms with van der Waals surface area (Å²) in [6.45, 7) is 3.59. The van der Waals surface area contributed by atoms with Crippen molar-refractivity contribution in [3.8, 4) is 0 Å². The van der Waals surface area contributed by atoms with Crippen molar-refractivity contribution in [1.29, 1.82) is 0 Å². The summed E-state index contributed by atoms with van der Waals surface area (Å²) in [7, 11) is 0. The number of carbonyl (C=O) groups is 1. The molecule has 0 spiro atoms. The van der Waals surface area contributed by atoms with Crippen LogP contribution in [0.3, 0.4) is 0 Å². The summed E-state index contributed by atoms with van der Waals surface area (Å²) in [6.07, 6.45) is 0. The fourth-order valence-electron chi connectivity index (χ4n) is 0.490. The van der Waals surface area contributed by atoms with Crippen LogP contribution in [-0.4, -0.2) is 25.7 Å². The van der Waals surface area contributed by atoms with Gasteiger partial charge in [-0.25, -0.2) is 0 Å². The SMILES string of the molecule is C/C(C(=O)O)=C(/C)[As](C)C. The standard InChI is InChI=1S/C7H13AsO2/c1-5(7(9)10)6(2)8(3)4/h1-4H3,(H,9,10)/b6-5+. The van der Waals surface area contributed by atoms with Crippen LogP contribution in [0.15, 0.2) is 9.93 Å². The number of rotatable bonds is 2. The molecule has 0 heterocycles. The average molecular weight is 204 g/mol. The van der Waals surface area contributed by atoms with Gasteiger partial charge in [0.25, 0.3) is 0 Å². The molecule has 0 aromatic rings. The van der Waals surface area contributed by atoms with E-state index in [1.807, 2.05) is 6.92 Å². The van der Waals surface area contributed by atoms with Crippen molar-refractivity contribution in [3.63, 3.8) is 0 Å². The third kappa shape index (κ3) is 2.57. The number of hydrogen-bond acceptors (Lipinski definition) is 1. The zero-order valence-electron chi connectivity index (χ0n) is 6.80. The van der Waals surface area contributed by atoms with Crippen LogP contribution in [0.25, 0.3) is 0 Å². The summed E-state index contributed by atoms with van der Waals surface area (Å²) < 4.78 is 1.10. The molecule has 0 bridgehead atoms. The van der Waals surface area contributed by atoms with Crippen LogP contribution in [-0.2, 0) is 4.79 Å². The number of allylic oxidation sites excluding steroid dienone is 1. The van der Waals surface area contributed by atoms with Gasteiger partial charge in [-0.3, -0.25) is 0 Å². The van der Waals surface area contributed by atoms with E-state index in [1.165, 1.54) is 0 Å². The summed E-state index contributed by atoms with van der Waals surface area (Å²) >= 11 is -0.940. The first-order valence-corrected chi connectivity index (χ1v) is 7.74. The van der Waals surface area contributed by atoms with E-state index in [-0.39, 0.29) is 0 Å². The van der Waals surface area contributed by atoms with Gasteiger partial charge in [-0.15, -0.1) is 0 Å². The molecule has 58 valence electrons. The van der Waals surface area contributed by atoms with Gasteiger partial charge in [0.05, 0.1) is 0 Å². The van der Waals surface area contributed by atoms with E-state index >= 15 is 0 Å². The van der Waals surface area contributed by atoms with E-state index in [9.17, 15) is 4.79 Å². The van der Waals surface area contributed by atoms with Gasteiger partial charge in [0, 0.05) is 0 Å². The van der Waals surface area contributed by atoms with Gasteiger partial charge in [0.15, 0.2) is 0 Å². The molecular weight excluding hydrogens is 191 g/mol. The second kappa shape index (κ2) is 3.82. The normalized spacial score (nSPS) is 13.3. The molecule has 0 unspecified atom stereocenters. The minimum absolute atomic E-state index is 0.532. The molecule has 0 amide bonds. The molecule has 0 aliphatic carbocycles. The maximum atomic E-state index is 10.4. The van der Waals surface area contributed by atoms with E-state index in [0.717, 1.165) is 4.36 Å². The Morgan fingerprint density at radius 1 is 1.30 bits per heavy atom. The number of carboxylic acids is 1. The molecule has 0 rings (SSSR count). The second-order valence-electron chi connectivity index (χ2n) is 2.41. The zero-order valence-corrected chi connectivity index (χ0v) is 8.68. The Morgan fingerprint density at radius 2 is 1.70 bits per heavy atom. The summed E-state index contributed by atoms with van der Waals surface area (Å²) in [6, 6.07) is 0. The fourth-order valence-corrected chi connectivity index (χ4v) is 2.10. The van der Waals surface area contributed by atoms with Crippen molar-refractivity contribution in [3.05, 3.63) is 9.93 Å². The molecule has 2 nitrogen and oxygen atoms in total. The Labute approximate surface area is 66.2 Å². The first kappa shape index (κ1) is 9.77. The minimum atomic E-state index is -0.940. The first-order chi connectivity index (χ1) is 4.46. The Morgan fingerprint density at radius 3 is 1.80 bits per heavy atom. The first-order valence-electron chi connectivity index (χ1n) is 3.05. The van der Waals surface area contributed by atoms with E-state index in [2.05, 4.69) is 11.4 Å². The van der Waals surface area contributed by atoms with Crippen LogP contribution in [0.4, 0.5) is 0 Å². The topological polar surface area (TPSA) is 37.3 Å². The van der Waals surface area contributed by atoms with E-state index in [0.29, 0.717) is 5.57 Å². The quantitative estimate of drug-likeness (QED) is 0.549. The molecule has 3 heteroatoms. The molecular formula is C7H13AsO2. The van der Waals surface area contributed by atoms with Gasteiger partial charge >= 0.3 is 65.7 Å². The summed E-state index contributed by atoms with van der Waals surface area (Å²) in [5.74, 6) is -0.777. The maximum absolute atomic E-state index is 10.4. The summed E-state index contributed by atoms with van der Waals surface area (Å²) in [4.78, 5) is 10.4. The fraction of sp³-hybridized carbons (Fsp3) is 0.571. The van der Waals surface area contributed by atoms with Gasteiger partial charge in [0.2, 0.25) is 0 Å². The van der Waals surface area contributed by atoms with Gasteiger partial charge in [-0.1, -0.05) is 0 Å². The average Bonchev–Trinajstić information content (AvgIpc) is 1.84. The van der Waals surface area contributed by atoms with Crippen molar-refractivity contribution in [2.45, 2.75) is 25.3 Å². The molecule has 0 aliphatic rings. The van der Waals surface area contributed by atoms with E-state index < -0.39 is 20.6 Å². The third-order valence-corrected chi connectivity index (χ3v) is 5.05. The van der Waals surface area contributed by atoms with Crippen LogP contribution < -0.4 is 0 Å². The number of hydrogen-bond donors (Lipinski definition) is 1. The third-order valence-electron chi connectivity index (χ3n) is 1.53. The predicted octanol–water partition coefficient (Wildman–Crippen LogP) is 1.70. The molecule has 0 fully saturated rings. The van der Waals surface area contributed by atoms with Crippen molar-refractivity contribution in [2.24, 2.45) is 0 Å². The van der Waals surface area contributed by atoms with E-state index in [1.54, 1.807) is 6.92 Å². The predicted molar refractivity (Wildman–Crippen MR) is 43.5 cm³/mol. The van der Waals surface area contributed by atoms with Gasteiger partial charge < -0.3 is 0 Å². The molecule has 10 heavy (non-hydrogen) atoms. The molecule has 0 saturated carbocycles. The molecule has 0 aromatic carbocycles. The van der Waals surface area contributed by atoms with Crippen molar-refractivity contribution in [2.75, 3.05) is 0 Å². The molecule has 0 atom stereocenters. The Hall–Kier alpha value is -0.232. The Balaban J connectivity index is 4.50. The second-order valence-corrected chi connectivity index (χ2v) is 7.57. The molecule has 0 aliphatic heterocycles. The Bertz CT molecular complexity index is 170.